The minimum Gasteiger partial charge on any atom is -0.475 e. The second-order valence-corrected chi connectivity index (χ2v) is 2.40. The molecule has 0 aromatic heterocycles. The molecule has 0 aromatic carbocycles. The quantitative estimate of drug-likeness (QED) is 0.366. The molecular weight excluding hydrogens is 166 g/mol. The maximum Gasteiger partial charge on any atom is 0.371 e. The highest BCUT2D eigenvalue weighted by Crippen LogP contribution is 2.14. The molecule has 0 radical (unpaired) electrons. The zero-order chi connectivity index (χ0) is 9.30. The van der Waals surface area contributed by atoms with Gasteiger partial charge in [0.1, 0.15) is 12.2 Å². The summed E-state index contributed by atoms with van der Waals surface area (Å²) in [5.74, 6) is -1.77. The van der Waals surface area contributed by atoms with Gasteiger partial charge in [-0.05, 0) is 6.08 Å². The third-order valence-corrected chi connectivity index (χ3v) is 1.48. The van der Waals surface area contributed by atoms with Crippen molar-refractivity contribution in [3.8, 4) is 0 Å². The van der Waals surface area contributed by atoms with Crippen molar-refractivity contribution in [3.05, 3.63) is 11.8 Å². The van der Waals surface area contributed by atoms with Crippen LogP contribution in [0.25, 0.3) is 0 Å². The number of hydrogen-bond acceptors (Lipinski definition) is 5. The van der Waals surface area contributed by atoms with Crippen LogP contribution in [0.2, 0.25) is 0 Å². The lowest BCUT2D eigenvalue weighted by Gasteiger charge is -2.27. The van der Waals surface area contributed by atoms with Crippen molar-refractivity contribution < 1.29 is 24.9 Å². The highest BCUT2D eigenvalue weighted by atomic mass is 16.5. The first kappa shape index (κ1) is 8.98. The molecule has 68 valence electrons. The monoisotopic (exact) mass is 175 g/mol. The Bertz CT molecular complexity index is 226. The second kappa shape index (κ2) is 3.10. The average molecular weight is 175 g/mol. The van der Waals surface area contributed by atoms with E-state index in [0.29, 0.717) is 0 Å². The van der Waals surface area contributed by atoms with Gasteiger partial charge in [0.15, 0.2) is 6.23 Å². The first-order valence-corrected chi connectivity index (χ1v) is 3.26. The van der Waals surface area contributed by atoms with Gasteiger partial charge in [0.25, 0.3) is 0 Å². The predicted molar refractivity (Wildman–Crippen MR) is 36.8 cm³/mol. The minimum absolute atomic E-state index is 0.444. The van der Waals surface area contributed by atoms with E-state index in [1.54, 1.807) is 0 Å². The van der Waals surface area contributed by atoms with E-state index in [-0.39, 0.29) is 0 Å². The number of carbonyl (C=O) groups is 1. The van der Waals surface area contributed by atoms with Crippen LogP contribution in [0, 0.1) is 0 Å². The lowest BCUT2D eigenvalue weighted by Crippen LogP contribution is -2.47. The standard InChI is InChI=1S/C6H9NO5/c7-5-4(9)2(8)1-3(12-5)6(10)11/h1-2,4-5,8-9H,7H2,(H,10,11). The van der Waals surface area contributed by atoms with Crippen LogP contribution in [-0.4, -0.2) is 39.7 Å². The van der Waals surface area contributed by atoms with Crippen molar-refractivity contribution in [2.75, 3.05) is 0 Å². The number of carboxylic acids is 1. The molecule has 0 bridgehead atoms. The summed E-state index contributed by atoms with van der Waals surface area (Å²) in [4.78, 5) is 10.3. The Kier molecular flexibility index (Phi) is 2.32. The molecule has 0 amide bonds. The molecule has 5 N–H and O–H groups in total. The fraction of sp³-hybridized carbons (Fsp3) is 0.500. The molecule has 0 saturated carbocycles. The molecule has 1 rings (SSSR count). The Morgan fingerprint density at radius 2 is 2.17 bits per heavy atom. The third kappa shape index (κ3) is 1.55. The van der Waals surface area contributed by atoms with Crippen molar-refractivity contribution in [3.63, 3.8) is 0 Å². The van der Waals surface area contributed by atoms with E-state index >= 15 is 0 Å². The predicted octanol–water partition coefficient (Wildman–Crippen LogP) is -2.01. The highest BCUT2D eigenvalue weighted by molar-refractivity contribution is 5.84. The van der Waals surface area contributed by atoms with Crippen LogP contribution in [0.4, 0.5) is 0 Å². The molecule has 1 aliphatic rings. The van der Waals surface area contributed by atoms with Crippen molar-refractivity contribution >= 4 is 5.97 Å². The SMILES string of the molecule is NC1OC(C(=O)O)=CC(O)C1O. The number of nitrogens with two attached hydrogens (primary N) is 1. The molecule has 3 atom stereocenters. The molecule has 3 unspecified atom stereocenters. The lowest BCUT2D eigenvalue weighted by molar-refractivity contribution is -0.142. The van der Waals surface area contributed by atoms with E-state index in [4.69, 9.17) is 21.1 Å². The largest absolute Gasteiger partial charge is 0.475 e. The summed E-state index contributed by atoms with van der Waals surface area (Å²) in [6.45, 7) is 0. The van der Waals surface area contributed by atoms with Gasteiger partial charge in [-0.25, -0.2) is 4.79 Å². The van der Waals surface area contributed by atoms with E-state index in [1.165, 1.54) is 0 Å². The van der Waals surface area contributed by atoms with Crippen LogP contribution in [0.1, 0.15) is 0 Å². The minimum atomic E-state index is -1.32. The summed E-state index contributed by atoms with van der Waals surface area (Å²) in [6, 6.07) is 0. The van der Waals surface area contributed by atoms with Gasteiger partial charge in [-0.3, -0.25) is 5.73 Å². The first-order chi connectivity index (χ1) is 5.52. The van der Waals surface area contributed by atoms with Crippen LogP contribution >= 0.6 is 0 Å². The molecule has 1 aliphatic heterocycles. The summed E-state index contributed by atoms with van der Waals surface area (Å²) >= 11 is 0. The topological polar surface area (TPSA) is 113 Å². The van der Waals surface area contributed by atoms with Crippen molar-refractivity contribution in [1.29, 1.82) is 0 Å². The number of aliphatic hydroxyl groups excluding tert-OH is 2. The maximum absolute atomic E-state index is 10.3. The smallest absolute Gasteiger partial charge is 0.371 e. The van der Waals surface area contributed by atoms with E-state index < -0.39 is 30.2 Å². The Morgan fingerprint density at radius 1 is 1.58 bits per heavy atom. The summed E-state index contributed by atoms with van der Waals surface area (Å²) in [6.07, 6.45) is -2.87. The summed E-state index contributed by atoms with van der Waals surface area (Å²) in [7, 11) is 0. The average Bonchev–Trinajstić information content (AvgIpc) is 1.99. The summed E-state index contributed by atoms with van der Waals surface area (Å²) in [5, 5.41) is 26.4. The zero-order valence-corrected chi connectivity index (χ0v) is 6.04. The van der Waals surface area contributed by atoms with Gasteiger partial charge in [-0.2, -0.15) is 0 Å². The number of hydrogen-bond donors (Lipinski definition) is 4. The highest BCUT2D eigenvalue weighted by Gasteiger charge is 2.31. The van der Waals surface area contributed by atoms with Gasteiger partial charge in [-0.15, -0.1) is 0 Å². The second-order valence-electron chi connectivity index (χ2n) is 2.40. The number of ether oxygens (including phenoxy) is 1. The molecule has 0 saturated heterocycles. The van der Waals surface area contributed by atoms with Gasteiger partial charge < -0.3 is 20.1 Å². The zero-order valence-electron chi connectivity index (χ0n) is 6.04. The Balaban J connectivity index is 2.81. The molecule has 12 heavy (non-hydrogen) atoms. The van der Waals surface area contributed by atoms with Crippen LogP contribution in [0.5, 0.6) is 0 Å². The molecule has 6 heteroatoms. The van der Waals surface area contributed by atoms with E-state index in [0.717, 1.165) is 6.08 Å². The van der Waals surface area contributed by atoms with Gasteiger partial charge >= 0.3 is 5.97 Å². The lowest BCUT2D eigenvalue weighted by atomic mass is 10.1. The van der Waals surface area contributed by atoms with Gasteiger partial charge in [-0.1, -0.05) is 0 Å². The fourth-order valence-corrected chi connectivity index (χ4v) is 0.825. The van der Waals surface area contributed by atoms with Crippen LogP contribution in [0.15, 0.2) is 11.8 Å². The number of carboxylic acid groups (broad SMARTS) is 1. The van der Waals surface area contributed by atoms with E-state index in [1.807, 2.05) is 0 Å². The van der Waals surface area contributed by atoms with Crippen molar-refractivity contribution in [2.45, 2.75) is 18.4 Å². The normalized spacial score (nSPS) is 35.2. The summed E-state index contributed by atoms with van der Waals surface area (Å²) in [5.41, 5.74) is 5.16. The molecule has 0 aliphatic carbocycles. The van der Waals surface area contributed by atoms with Crippen LogP contribution in [0.3, 0.4) is 0 Å². The molecule has 6 nitrogen and oxygen atoms in total. The van der Waals surface area contributed by atoms with Crippen LogP contribution < -0.4 is 5.73 Å². The van der Waals surface area contributed by atoms with E-state index in [9.17, 15) is 4.79 Å². The molecule has 1 heterocycles. The van der Waals surface area contributed by atoms with Crippen molar-refractivity contribution in [1.82, 2.24) is 0 Å². The Hall–Kier alpha value is -1.11. The van der Waals surface area contributed by atoms with E-state index in [2.05, 4.69) is 4.74 Å². The van der Waals surface area contributed by atoms with Gasteiger partial charge in [0, 0.05) is 0 Å². The Labute approximate surface area is 67.9 Å². The summed E-state index contributed by atoms with van der Waals surface area (Å²) < 4.78 is 4.56. The number of rotatable bonds is 1. The maximum atomic E-state index is 10.3. The number of aliphatic hydroxyl groups is 2. The Morgan fingerprint density at radius 3 is 2.58 bits per heavy atom. The first-order valence-electron chi connectivity index (χ1n) is 3.26. The van der Waals surface area contributed by atoms with Crippen molar-refractivity contribution in [2.24, 2.45) is 5.73 Å². The molecule has 0 aromatic rings. The molecule has 0 fully saturated rings. The molecular formula is C6H9NO5. The number of aliphatic carboxylic acids is 1. The van der Waals surface area contributed by atoms with Crippen LogP contribution in [-0.2, 0) is 9.53 Å². The van der Waals surface area contributed by atoms with Gasteiger partial charge in [0.05, 0.1) is 0 Å². The fourth-order valence-electron chi connectivity index (χ4n) is 0.825. The molecule has 0 spiro atoms. The third-order valence-electron chi connectivity index (χ3n) is 1.48. The van der Waals surface area contributed by atoms with Gasteiger partial charge in [0.2, 0.25) is 5.76 Å².